The monoisotopic (exact) mass is 238 g/mol. The van der Waals surface area contributed by atoms with Crippen LogP contribution >= 0.6 is 0 Å². The number of hydrogen-bond acceptors (Lipinski definition) is 2. The van der Waals surface area contributed by atoms with Crippen LogP contribution in [0.1, 0.15) is 58.3 Å². The topological polar surface area (TPSA) is 41.1 Å². The molecule has 98 valence electrons. The molecule has 2 unspecified atom stereocenters. The molecule has 0 saturated heterocycles. The van der Waals surface area contributed by atoms with E-state index in [0.29, 0.717) is 18.5 Å². The predicted octanol–water partition coefficient (Wildman–Crippen LogP) is 2.21. The Morgan fingerprint density at radius 2 is 1.88 bits per heavy atom. The van der Waals surface area contributed by atoms with Crippen molar-refractivity contribution in [3.8, 4) is 0 Å². The third kappa shape index (κ3) is 4.66. The van der Waals surface area contributed by atoms with Crippen LogP contribution in [0.4, 0.5) is 0 Å². The zero-order chi connectivity index (χ0) is 12.1. The SMILES string of the molecule is CC1CCCCCC1NCCC(=O)NC1CC1. The fourth-order valence-corrected chi connectivity index (χ4v) is 2.69. The van der Waals surface area contributed by atoms with Crippen LogP contribution in [0, 0.1) is 5.92 Å². The minimum absolute atomic E-state index is 0.223. The van der Waals surface area contributed by atoms with Crippen molar-refractivity contribution in [2.75, 3.05) is 6.54 Å². The molecule has 3 nitrogen and oxygen atoms in total. The van der Waals surface area contributed by atoms with Gasteiger partial charge in [-0.25, -0.2) is 0 Å². The standard InChI is InChI=1S/C14H26N2O/c1-11-5-3-2-4-6-13(11)15-10-9-14(17)16-12-7-8-12/h11-13,15H,2-10H2,1H3,(H,16,17). The molecular weight excluding hydrogens is 212 g/mol. The van der Waals surface area contributed by atoms with E-state index in [2.05, 4.69) is 17.6 Å². The van der Waals surface area contributed by atoms with E-state index in [4.69, 9.17) is 0 Å². The van der Waals surface area contributed by atoms with E-state index in [1.165, 1.54) is 44.9 Å². The molecule has 2 fully saturated rings. The van der Waals surface area contributed by atoms with Gasteiger partial charge in [-0.3, -0.25) is 4.79 Å². The molecule has 0 aromatic carbocycles. The molecule has 0 aromatic heterocycles. The second kappa shape index (κ2) is 6.39. The van der Waals surface area contributed by atoms with E-state index < -0.39 is 0 Å². The van der Waals surface area contributed by atoms with E-state index >= 15 is 0 Å². The Morgan fingerprint density at radius 1 is 1.12 bits per heavy atom. The van der Waals surface area contributed by atoms with E-state index in [0.717, 1.165) is 12.5 Å². The number of carbonyl (C=O) groups excluding carboxylic acids is 1. The highest BCUT2D eigenvalue weighted by molar-refractivity contribution is 5.76. The molecule has 2 saturated carbocycles. The molecule has 2 aliphatic rings. The predicted molar refractivity (Wildman–Crippen MR) is 69.8 cm³/mol. The Labute approximate surface area is 105 Å². The van der Waals surface area contributed by atoms with E-state index in [1.807, 2.05) is 0 Å². The number of nitrogens with one attached hydrogen (secondary N) is 2. The summed E-state index contributed by atoms with van der Waals surface area (Å²) < 4.78 is 0. The summed E-state index contributed by atoms with van der Waals surface area (Å²) in [4.78, 5) is 11.5. The van der Waals surface area contributed by atoms with Crippen LogP contribution < -0.4 is 10.6 Å². The molecule has 0 spiro atoms. The molecule has 1 amide bonds. The van der Waals surface area contributed by atoms with Crippen LogP contribution in [0.3, 0.4) is 0 Å². The highest BCUT2D eigenvalue weighted by atomic mass is 16.1. The van der Waals surface area contributed by atoms with E-state index in [1.54, 1.807) is 0 Å². The Kier molecular flexibility index (Phi) is 4.84. The quantitative estimate of drug-likeness (QED) is 0.721. The first-order valence-electron chi connectivity index (χ1n) is 7.28. The number of hydrogen-bond donors (Lipinski definition) is 2. The minimum Gasteiger partial charge on any atom is -0.353 e. The first kappa shape index (κ1) is 12.9. The van der Waals surface area contributed by atoms with Crippen molar-refractivity contribution < 1.29 is 4.79 Å². The highest BCUT2D eigenvalue weighted by Crippen LogP contribution is 2.23. The Morgan fingerprint density at radius 3 is 2.65 bits per heavy atom. The minimum atomic E-state index is 0.223. The maximum Gasteiger partial charge on any atom is 0.221 e. The van der Waals surface area contributed by atoms with Crippen LogP contribution in [0.15, 0.2) is 0 Å². The van der Waals surface area contributed by atoms with Gasteiger partial charge in [0, 0.05) is 25.0 Å². The lowest BCUT2D eigenvalue weighted by molar-refractivity contribution is -0.121. The van der Waals surface area contributed by atoms with Gasteiger partial charge in [0.05, 0.1) is 0 Å². The van der Waals surface area contributed by atoms with Crippen molar-refractivity contribution in [1.82, 2.24) is 10.6 Å². The molecule has 2 rings (SSSR count). The van der Waals surface area contributed by atoms with Crippen LogP contribution in [0.5, 0.6) is 0 Å². The van der Waals surface area contributed by atoms with Crippen LogP contribution in [-0.4, -0.2) is 24.5 Å². The summed E-state index contributed by atoms with van der Waals surface area (Å²) in [5.74, 6) is 0.991. The molecule has 17 heavy (non-hydrogen) atoms. The second-order valence-electron chi connectivity index (χ2n) is 5.77. The van der Waals surface area contributed by atoms with E-state index in [-0.39, 0.29) is 5.91 Å². The first-order valence-corrected chi connectivity index (χ1v) is 7.28. The van der Waals surface area contributed by atoms with Gasteiger partial charge in [-0.15, -0.1) is 0 Å². The van der Waals surface area contributed by atoms with Gasteiger partial charge in [-0.05, 0) is 31.6 Å². The summed E-state index contributed by atoms with van der Waals surface area (Å²) in [6.45, 7) is 3.18. The normalized spacial score (nSPS) is 29.7. The van der Waals surface area contributed by atoms with E-state index in [9.17, 15) is 4.79 Å². The van der Waals surface area contributed by atoms with Gasteiger partial charge < -0.3 is 10.6 Å². The van der Waals surface area contributed by atoms with Gasteiger partial charge in [0.15, 0.2) is 0 Å². The summed E-state index contributed by atoms with van der Waals surface area (Å²) in [5, 5.41) is 6.61. The maximum absolute atomic E-state index is 11.5. The molecule has 0 bridgehead atoms. The fourth-order valence-electron chi connectivity index (χ4n) is 2.69. The summed E-state index contributed by atoms with van der Waals surface area (Å²) >= 11 is 0. The summed E-state index contributed by atoms with van der Waals surface area (Å²) in [6, 6.07) is 1.13. The summed E-state index contributed by atoms with van der Waals surface area (Å²) in [6.07, 6.45) is 9.72. The van der Waals surface area contributed by atoms with Gasteiger partial charge in [0.25, 0.3) is 0 Å². The second-order valence-corrected chi connectivity index (χ2v) is 5.77. The smallest absolute Gasteiger partial charge is 0.221 e. The Balaban J connectivity index is 1.60. The lowest BCUT2D eigenvalue weighted by Gasteiger charge is -2.22. The molecule has 0 aromatic rings. The Hall–Kier alpha value is -0.570. The average molecular weight is 238 g/mol. The van der Waals surface area contributed by atoms with Gasteiger partial charge in [-0.2, -0.15) is 0 Å². The number of rotatable bonds is 5. The third-order valence-electron chi connectivity index (χ3n) is 4.06. The third-order valence-corrected chi connectivity index (χ3v) is 4.06. The molecule has 2 N–H and O–H groups in total. The summed E-state index contributed by atoms with van der Waals surface area (Å²) in [5.41, 5.74) is 0. The van der Waals surface area contributed by atoms with Crippen LogP contribution in [0.25, 0.3) is 0 Å². The maximum atomic E-state index is 11.5. The molecule has 2 aliphatic carbocycles. The van der Waals surface area contributed by atoms with Crippen molar-refractivity contribution in [3.63, 3.8) is 0 Å². The molecule has 2 atom stereocenters. The van der Waals surface area contributed by atoms with Gasteiger partial charge >= 0.3 is 0 Å². The number of amides is 1. The van der Waals surface area contributed by atoms with Gasteiger partial charge in [0.2, 0.25) is 5.91 Å². The lowest BCUT2D eigenvalue weighted by Crippen LogP contribution is -2.37. The van der Waals surface area contributed by atoms with Crippen molar-refractivity contribution in [3.05, 3.63) is 0 Å². The van der Waals surface area contributed by atoms with Crippen molar-refractivity contribution in [2.24, 2.45) is 5.92 Å². The molecular formula is C14H26N2O. The molecule has 0 aliphatic heterocycles. The number of carbonyl (C=O) groups is 1. The zero-order valence-electron chi connectivity index (χ0n) is 11.0. The molecule has 0 radical (unpaired) electrons. The molecule has 0 heterocycles. The van der Waals surface area contributed by atoms with Crippen LogP contribution in [0.2, 0.25) is 0 Å². The van der Waals surface area contributed by atoms with Gasteiger partial charge in [-0.1, -0.05) is 26.2 Å². The van der Waals surface area contributed by atoms with Crippen molar-refractivity contribution in [2.45, 2.75) is 70.4 Å². The van der Waals surface area contributed by atoms with Crippen molar-refractivity contribution in [1.29, 1.82) is 0 Å². The zero-order valence-corrected chi connectivity index (χ0v) is 11.0. The summed E-state index contributed by atoms with van der Waals surface area (Å²) in [7, 11) is 0. The lowest BCUT2D eigenvalue weighted by atomic mass is 9.97. The largest absolute Gasteiger partial charge is 0.353 e. The van der Waals surface area contributed by atoms with Crippen molar-refractivity contribution >= 4 is 5.91 Å². The van der Waals surface area contributed by atoms with Gasteiger partial charge in [0.1, 0.15) is 0 Å². The first-order chi connectivity index (χ1) is 8.25. The fraction of sp³-hybridized carbons (Fsp3) is 0.929. The average Bonchev–Trinajstić information content (AvgIpc) is 3.09. The van der Waals surface area contributed by atoms with Crippen LogP contribution in [-0.2, 0) is 4.79 Å². The Bertz CT molecular complexity index is 251. The molecule has 3 heteroatoms. The highest BCUT2D eigenvalue weighted by Gasteiger charge is 2.23.